The Morgan fingerprint density at radius 2 is 2.20 bits per heavy atom. The topological polar surface area (TPSA) is 51.5 Å². The number of carbonyl (C=O) groups is 1. The molecule has 0 aliphatic heterocycles. The van der Waals surface area contributed by atoms with Gasteiger partial charge < -0.3 is 14.5 Å². The van der Waals surface area contributed by atoms with Crippen molar-refractivity contribution in [3.05, 3.63) is 29.5 Å². The first-order chi connectivity index (χ1) is 9.78. The SMILES string of the molecule is CCNC(=O)COc1ccc2oc3c(c2c1)CCCC3. The van der Waals surface area contributed by atoms with Crippen LogP contribution in [0.5, 0.6) is 5.75 Å². The van der Waals surface area contributed by atoms with Crippen LogP contribution in [0, 0.1) is 0 Å². The number of hydrogen-bond acceptors (Lipinski definition) is 3. The third-order valence-corrected chi connectivity index (χ3v) is 3.67. The fraction of sp³-hybridized carbons (Fsp3) is 0.438. The van der Waals surface area contributed by atoms with E-state index in [0.29, 0.717) is 6.54 Å². The van der Waals surface area contributed by atoms with Gasteiger partial charge >= 0.3 is 0 Å². The van der Waals surface area contributed by atoms with Crippen LogP contribution in [-0.2, 0) is 17.6 Å². The highest BCUT2D eigenvalue weighted by Crippen LogP contribution is 2.33. The number of benzene rings is 1. The molecule has 106 valence electrons. The molecule has 0 saturated heterocycles. The van der Waals surface area contributed by atoms with Crippen molar-refractivity contribution in [2.75, 3.05) is 13.2 Å². The maximum atomic E-state index is 11.4. The van der Waals surface area contributed by atoms with Crippen LogP contribution in [-0.4, -0.2) is 19.1 Å². The highest BCUT2D eigenvalue weighted by atomic mass is 16.5. The Balaban J connectivity index is 1.81. The van der Waals surface area contributed by atoms with Crippen LogP contribution in [0.2, 0.25) is 0 Å². The summed E-state index contributed by atoms with van der Waals surface area (Å²) in [5, 5.41) is 3.85. The largest absolute Gasteiger partial charge is 0.484 e. The first-order valence-electron chi connectivity index (χ1n) is 7.21. The Morgan fingerprint density at radius 1 is 1.35 bits per heavy atom. The summed E-state index contributed by atoms with van der Waals surface area (Å²) in [7, 11) is 0. The van der Waals surface area contributed by atoms with Crippen molar-refractivity contribution < 1.29 is 13.9 Å². The molecular formula is C16H19NO3. The Morgan fingerprint density at radius 3 is 3.05 bits per heavy atom. The molecule has 0 unspecified atom stereocenters. The molecule has 4 nitrogen and oxygen atoms in total. The van der Waals surface area contributed by atoms with Gasteiger partial charge in [0.1, 0.15) is 17.1 Å². The van der Waals surface area contributed by atoms with Crippen molar-refractivity contribution in [2.24, 2.45) is 0 Å². The van der Waals surface area contributed by atoms with Crippen molar-refractivity contribution in [3.8, 4) is 5.75 Å². The molecule has 0 bridgehead atoms. The number of furan rings is 1. The van der Waals surface area contributed by atoms with E-state index in [1.165, 1.54) is 18.4 Å². The summed E-state index contributed by atoms with van der Waals surface area (Å²) in [5.41, 5.74) is 2.23. The molecule has 4 heteroatoms. The quantitative estimate of drug-likeness (QED) is 0.932. The van der Waals surface area contributed by atoms with Crippen LogP contribution < -0.4 is 10.1 Å². The smallest absolute Gasteiger partial charge is 0.257 e. The molecular weight excluding hydrogens is 254 g/mol. The second-order valence-corrected chi connectivity index (χ2v) is 5.11. The number of nitrogens with one attached hydrogen (secondary N) is 1. The van der Waals surface area contributed by atoms with Gasteiger partial charge in [-0.25, -0.2) is 0 Å². The lowest BCUT2D eigenvalue weighted by Gasteiger charge is -2.09. The lowest BCUT2D eigenvalue weighted by Crippen LogP contribution is -2.28. The van der Waals surface area contributed by atoms with Crippen molar-refractivity contribution in [1.29, 1.82) is 0 Å². The van der Waals surface area contributed by atoms with Gasteiger partial charge in [0.15, 0.2) is 6.61 Å². The maximum absolute atomic E-state index is 11.4. The first-order valence-corrected chi connectivity index (χ1v) is 7.21. The summed E-state index contributed by atoms with van der Waals surface area (Å²) in [6.07, 6.45) is 4.51. The second kappa shape index (κ2) is 5.57. The summed E-state index contributed by atoms with van der Waals surface area (Å²) >= 11 is 0. The monoisotopic (exact) mass is 273 g/mol. The van der Waals surface area contributed by atoms with Gasteiger partial charge in [-0.05, 0) is 44.4 Å². The summed E-state index contributed by atoms with van der Waals surface area (Å²) in [6.45, 7) is 2.57. The number of carbonyl (C=O) groups excluding carboxylic acids is 1. The third-order valence-electron chi connectivity index (χ3n) is 3.67. The highest BCUT2D eigenvalue weighted by Gasteiger charge is 2.18. The summed E-state index contributed by atoms with van der Waals surface area (Å²) in [6, 6.07) is 5.78. The van der Waals surface area contributed by atoms with Crippen LogP contribution in [0.25, 0.3) is 11.0 Å². The van der Waals surface area contributed by atoms with E-state index in [1.807, 2.05) is 25.1 Å². The van der Waals surface area contributed by atoms with Gasteiger partial charge in [-0.2, -0.15) is 0 Å². The molecule has 1 heterocycles. The zero-order valence-electron chi connectivity index (χ0n) is 11.7. The lowest BCUT2D eigenvalue weighted by molar-refractivity contribution is -0.122. The summed E-state index contributed by atoms with van der Waals surface area (Å²) in [4.78, 5) is 11.4. The van der Waals surface area contributed by atoms with E-state index in [9.17, 15) is 4.79 Å². The minimum atomic E-state index is -0.0955. The van der Waals surface area contributed by atoms with Crippen molar-refractivity contribution in [3.63, 3.8) is 0 Å². The molecule has 0 spiro atoms. The van der Waals surface area contributed by atoms with E-state index in [1.54, 1.807) is 0 Å². The standard InChI is InChI=1S/C16H19NO3/c1-2-17-16(18)10-19-11-7-8-15-13(9-11)12-5-3-4-6-14(12)20-15/h7-9H,2-6,10H2,1H3,(H,17,18). The first kappa shape index (κ1) is 13.0. The Bertz CT molecular complexity index is 630. The highest BCUT2D eigenvalue weighted by molar-refractivity contribution is 5.84. The van der Waals surface area contributed by atoms with E-state index in [4.69, 9.17) is 9.15 Å². The number of fused-ring (bicyclic) bond motifs is 3. The molecule has 1 aliphatic carbocycles. The summed E-state index contributed by atoms with van der Waals surface area (Å²) in [5.74, 6) is 1.74. The minimum Gasteiger partial charge on any atom is -0.484 e. The van der Waals surface area contributed by atoms with E-state index in [2.05, 4.69) is 5.32 Å². The molecule has 2 aromatic rings. The molecule has 0 fully saturated rings. The van der Waals surface area contributed by atoms with Gasteiger partial charge in [0.25, 0.3) is 5.91 Å². The number of likely N-dealkylation sites (N-methyl/N-ethyl adjacent to an activating group) is 1. The van der Waals surface area contributed by atoms with Crippen LogP contribution in [0.15, 0.2) is 22.6 Å². The normalized spacial score (nSPS) is 14.1. The zero-order valence-corrected chi connectivity index (χ0v) is 11.7. The fourth-order valence-electron chi connectivity index (χ4n) is 2.73. The average Bonchev–Trinajstić information content (AvgIpc) is 2.83. The zero-order chi connectivity index (χ0) is 13.9. The van der Waals surface area contributed by atoms with Gasteiger partial charge in [0.05, 0.1) is 0 Å². The predicted molar refractivity (Wildman–Crippen MR) is 77.0 cm³/mol. The molecule has 1 aliphatic rings. The molecule has 0 saturated carbocycles. The van der Waals surface area contributed by atoms with Crippen molar-refractivity contribution >= 4 is 16.9 Å². The van der Waals surface area contributed by atoms with Gasteiger partial charge in [0, 0.05) is 23.9 Å². The lowest BCUT2D eigenvalue weighted by atomic mass is 9.96. The van der Waals surface area contributed by atoms with E-state index in [-0.39, 0.29) is 12.5 Å². The Hall–Kier alpha value is -1.97. The van der Waals surface area contributed by atoms with Gasteiger partial charge in [-0.15, -0.1) is 0 Å². The van der Waals surface area contributed by atoms with Crippen LogP contribution in [0.3, 0.4) is 0 Å². The molecule has 3 rings (SSSR count). The van der Waals surface area contributed by atoms with Gasteiger partial charge in [-0.1, -0.05) is 0 Å². The molecule has 20 heavy (non-hydrogen) atoms. The number of aryl methyl sites for hydroxylation is 2. The predicted octanol–water partition coefficient (Wildman–Crippen LogP) is 2.83. The van der Waals surface area contributed by atoms with E-state index < -0.39 is 0 Å². The number of rotatable bonds is 4. The number of amides is 1. The van der Waals surface area contributed by atoms with Crippen molar-refractivity contribution in [2.45, 2.75) is 32.6 Å². The number of ether oxygens (including phenoxy) is 1. The molecule has 0 atom stereocenters. The molecule has 1 aromatic heterocycles. The molecule has 1 N–H and O–H groups in total. The van der Waals surface area contributed by atoms with E-state index >= 15 is 0 Å². The Labute approximate surface area is 118 Å². The summed E-state index contributed by atoms with van der Waals surface area (Å²) < 4.78 is 11.4. The fourth-order valence-corrected chi connectivity index (χ4v) is 2.73. The molecule has 0 radical (unpaired) electrons. The van der Waals surface area contributed by atoms with Gasteiger partial charge in [0.2, 0.25) is 0 Å². The molecule has 1 aromatic carbocycles. The maximum Gasteiger partial charge on any atom is 0.257 e. The second-order valence-electron chi connectivity index (χ2n) is 5.11. The van der Waals surface area contributed by atoms with E-state index in [0.717, 1.165) is 35.3 Å². The van der Waals surface area contributed by atoms with Crippen LogP contribution in [0.1, 0.15) is 31.1 Å². The Kier molecular flexibility index (Phi) is 3.63. The van der Waals surface area contributed by atoms with Crippen LogP contribution >= 0.6 is 0 Å². The minimum absolute atomic E-state index is 0.0549. The molecule has 1 amide bonds. The number of hydrogen-bond donors (Lipinski definition) is 1. The average molecular weight is 273 g/mol. The van der Waals surface area contributed by atoms with Gasteiger partial charge in [-0.3, -0.25) is 4.79 Å². The van der Waals surface area contributed by atoms with Crippen LogP contribution in [0.4, 0.5) is 0 Å². The van der Waals surface area contributed by atoms with Crippen molar-refractivity contribution in [1.82, 2.24) is 5.32 Å². The third kappa shape index (κ3) is 2.50.